The van der Waals surface area contributed by atoms with Gasteiger partial charge in [0.15, 0.2) is 0 Å². The van der Waals surface area contributed by atoms with Gasteiger partial charge in [0.25, 0.3) is 0 Å². The highest BCUT2D eigenvalue weighted by Crippen LogP contribution is 2.32. The molecule has 1 fully saturated rings. The standard InChI is InChI=1S/C66H128O4S2/c1-4-7-10-13-16-18-20-22-24-26-28-30-32-35-39-44-49-62(50-45-40-36-33-31-29-27-25-23-21-19-17-14-11-8-5-2)51-46-41-37-38-43-48-53-64-55-59-70-66(68)57-61-71-60-56-65(67)69-58-54-63(72-64)52-47-42-34-15-12-9-6-3/h62-64H,4-61H2,1-3H3. The zero-order chi connectivity index (χ0) is 51.7. The van der Waals surface area contributed by atoms with Crippen LogP contribution in [0.4, 0.5) is 0 Å². The Morgan fingerprint density at radius 2 is 0.583 bits per heavy atom. The lowest BCUT2D eigenvalue weighted by Gasteiger charge is -2.24. The Morgan fingerprint density at radius 3 is 0.847 bits per heavy atom. The van der Waals surface area contributed by atoms with Gasteiger partial charge >= 0.3 is 11.9 Å². The van der Waals surface area contributed by atoms with Crippen molar-refractivity contribution in [3.05, 3.63) is 0 Å². The first-order chi connectivity index (χ1) is 35.6. The number of unbranched alkanes of at least 4 members (excludes halogenated alkanes) is 41. The van der Waals surface area contributed by atoms with Gasteiger partial charge in [-0.25, -0.2) is 0 Å². The summed E-state index contributed by atoms with van der Waals surface area (Å²) in [6.45, 7) is 8.00. The minimum absolute atomic E-state index is 0.0853. The summed E-state index contributed by atoms with van der Waals surface area (Å²) in [6, 6.07) is 0. The van der Waals surface area contributed by atoms with Crippen LogP contribution in [0.2, 0.25) is 0 Å². The highest BCUT2D eigenvalue weighted by atomic mass is 32.2. The highest BCUT2D eigenvalue weighted by molar-refractivity contribution is 8.00. The zero-order valence-electron chi connectivity index (χ0n) is 49.2. The van der Waals surface area contributed by atoms with E-state index < -0.39 is 0 Å². The van der Waals surface area contributed by atoms with Crippen molar-refractivity contribution in [1.82, 2.24) is 0 Å². The molecule has 1 rings (SSSR count). The summed E-state index contributed by atoms with van der Waals surface area (Å²) in [5.41, 5.74) is 0. The van der Waals surface area contributed by atoms with Gasteiger partial charge < -0.3 is 9.47 Å². The van der Waals surface area contributed by atoms with Crippen molar-refractivity contribution in [2.75, 3.05) is 24.7 Å². The number of hydrogen-bond acceptors (Lipinski definition) is 6. The molecule has 0 aliphatic carbocycles. The van der Waals surface area contributed by atoms with Crippen LogP contribution in [0.5, 0.6) is 0 Å². The third-order valence-corrected chi connectivity index (χ3v) is 18.8. The van der Waals surface area contributed by atoms with E-state index in [-0.39, 0.29) is 11.9 Å². The van der Waals surface area contributed by atoms with Gasteiger partial charge in [0.2, 0.25) is 0 Å². The summed E-state index contributed by atoms with van der Waals surface area (Å²) >= 11 is 3.78. The fraction of sp³-hybridized carbons (Fsp3) is 0.970. The SMILES string of the molecule is CCCCCCCCCCCCCCCCCCC(CCCCCCCCCCCCCCCCCC)CCCCCCCCC1CCOC(=O)CCSCCC(=O)OCCC(CCCCCCCCC)S1. The van der Waals surface area contributed by atoms with Crippen molar-refractivity contribution in [2.24, 2.45) is 5.92 Å². The number of ether oxygens (including phenoxy) is 2. The number of rotatable bonds is 51. The Morgan fingerprint density at radius 1 is 0.347 bits per heavy atom. The van der Waals surface area contributed by atoms with Crippen molar-refractivity contribution in [3.8, 4) is 0 Å². The van der Waals surface area contributed by atoms with Crippen LogP contribution in [-0.4, -0.2) is 47.2 Å². The van der Waals surface area contributed by atoms with E-state index in [2.05, 4.69) is 32.5 Å². The van der Waals surface area contributed by atoms with Crippen LogP contribution in [0.3, 0.4) is 0 Å². The van der Waals surface area contributed by atoms with Gasteiger partial charge in [0, 0.05) is 22.0 Å². The smallest absolute Gasteiger partial charge is 0.306 e. The number of thioether (sulfide) groups is 2. The van der Waals surface area contributed by atoms with Crippen LogP contribution < -0.4 is 0 Å². The Bertz CT molecular complexity index is 1050. The van der Waals surface area contributed by atoms with E-state index >= 15 is 0 Å². The van der Waals surface area contributed by atoms with Crippen molar-refractivity contribution in [1.29, 1.82) is 0 Å². The normalized spacial score (nSPS) is 16.7. The van der Waals surface area contributed by atoms with Crippen LogP contribution in [0.15, 0.2) is 0 Å². The molecule has 0 aromatic carbocycles. The first-order valence-corrected chi connectivity index (χ1v) is 35.2. The molecule has 0 spiro atoms. The molecule has 1 saturated heterocycles. The van der Waals surface area contributed by atoms with E-state index in [4.69, 9.17) is 9.47 Å². The van der Waals surface area contributed by atoms with E-state index in [1.165, 1.54) is 321 Å². The average Bonchev–Trinajstić information content (AvgIpc) is 3.37. The summed E-state index contributed by atoms with van der Waals surface area (Å²) in [4.78, 5) is 25.0. The van der Waals surface area contributed by atoms with Crippen LogP contribution in [0.1, 0.15) is 367 Å². The summed E-state index contributed by atoms with van der Waals surface area (Å²) < 4.78 is 11.5. The maximum Gasteiger partial charge on any atom is 0.306 e. The van der Waals surface area contributed by atoms with Gasteiger partial charge in [-0.15, -0.1) is 0 Å². The number of esters is 2. The van der Waals surface area contributed by atoms with E-state index in [0.717, 1.165) is 18.8 Å². The Labute approximate surface area is 460 Å². The molecule has 0 bridgehead atoms. The molecular weight excluding hydrogens is 921 g/mol. The quantitative estimate of drug-likeness (QED) is 0.0447. The molecule has 0 radical (unpaired) electrons. The van der Waals surface area contributed by atoms with Crippen LogP contribution in [0.25, 0.3) is 0 Å². The maximum atomic E-state index is 12.5. The molecule has 0 N–H and O–H groups in total. The third-order valence-electron chi connectivity index (χ3n) is 16.1. The monoisotopic (exact) mass is 1050 g/mol. The molecule has 0 amide bonds. The summed E-state index contributed by atoms with van der Waals surface area (Å²) in [5.74, 6) is 2.20. The lowest BCUT2D eigenvalue weighted by atomic mass is 9.89. The molecule has 2 unspecified atom stereocenters. The molecule has 72 heavy (non-hydrogen) atoms. The van der Waals surface area contributed by atoms with E-state index in [1.807, 2.05) is 0 Å². The highest BCUT2D eigenvalue weighted by Gasteiger charge is 2.20. The van der Waals surface area contributed by atoms with Crippen LogP contribution >= 0.6 is 23.5 Å². The lowest BCUT2D eigenvalue weighted by molar-refractivity contribution is -0.144. The van der Waals surface area contributed by atoms with Gasteiger partial charge in [0.1, 0.15) is 0 Å². The zero-order valence-corrected chi connectivity index (χ0v) is 50.8. The fourth-order valence-corrected chi connectivity index (χ4v) is 13.7. The predicted octanol–water partition coefficient (Wildman–Crippen LogP) is 23.0. The molecule has 1 heterocycles. The molecule has 0 aromatic heterocycles. The van der Waals surface area contributed by atoms with Gasteiger partial charge in [0.05, 0.1) is 26.1 Å². The minimum Gasteiger partial charge on any atom is -0.466 e. The van der Waals surface area contributed by atoms with E-state index in [1.54, 1.807) is 11.8 Å². The number of carbonyl (C=O) groups is 2. The van der Waals surface area contributed by atoms with E-state index in [0.29, 0.717) is 48.1 Å². The molecule has 1 aliphatic rings. The van der Waals surface area contributed by atoms with Gasteiger partial charge in [-0.2, -0.15) is 23.5 Å². The fourth-order valence-electron chi connectivity index (χ4n) is 11.2. The largest absolute Gasteiger partial charge is 0.466 e. The van der Waals surface area contributed by atoms with Gasteiger partial charge in [-0.3, -0.25) is 9.59 Å². The number of cyclic esters (lactones) is 2. The second-order valence-electron chi connectivity index (χ2n) is 23.2. The average molecular weight is 1050 g/mol. The molecule has 428 valence electrons. The first-order valence-electron chi connectivity index (χ1n) is 33.1. The second kappa shape index (κ2) is 58.3. The van der Waals surface area contributed by atoms with Crippen molar-refractivity contribution in [3.63, 3.8) is 0 Å². The van der Waals surface area contributed by atoms with Crippen molar-refractivity contribution in [2.45, 2.75) is 378 Å². The molecule has 4 nitrogen and oxygen atoms in total. The molecule has 0 saturated carbocycles. The minimum atomic E-state index is -0.0882. The molecule has 1 aliphatic heterocycles. The Balaban J connectivity index is 2.47. The van der Waals surface area contributed by atoms with Crippen LogP contribution in [0, 0.1) is 5.92 Å². The first kappa shape index (κ1) is 69.7. The molecular formula is C66H128O4S2. The van der Waals surface area contributed by atoms with Crippen molar-refractivity contribution >= 4 is 35.5 Å². The lowest BCUT2D eigenvalue weighted by Crippen LogP contribution is -2.18. The maximum absolute atomic E-state index is 12.5. The Hall–Kier alpha value is -0.360. The third kappa shape index (κ3) is 51.7. The van der Waals surface area contributed by atoms with Crippen LogP contribution in [-0.2, 0) is 19.1 Å². The Kier molecular flexibility index (Phi) is 56.4. The summed E-state index contributed by atoms with van der Waals surface area (Å²) in [5, 5.41) is 1.00. The van der Waals surface area contributed by atoms with Crippen molar-refractivity contribution < 1.29 is 19.1 Å². The molecule has 2 atom stereocenters. The predicted molar refractivity (Wildman–Crippen MR) is 324 cm³/mol. The molecule has 6 heteroatoms. The topological polar surface area (TPSA) is 52.6 Å². The van der Waals surface area contributed by atoms with Gasteiger partial charge in [-0.05, 0) is 31.6 Å². The number of carbonyl (C=O) groups excluding carboxylic acids is 2. The summed E-state index contributed by atoms with van der Waals surface area (Å²) in [6.07, 6.45) is 73.6. The van der Waals surface area contributed by atoms with E-state index in [9.17, 15) is 9.59 Å². The second-order valence-corrected chi connectivity index (χ2v) is 26.0. The summed E-state index contributed by atoms with van der Waals surface area (Å²) in [7, 11) is 0. The number of hydrogen-bond donors (Lipinski definition) is 0. The molecule has 0 aromatic rings. The van der Waals surface area contributed by atoms with Gasteiger partial charge in [-0.1, -0.05) is 329 Å².